The molecule has 0 aliphatic heterocycles. The van der Waals surface area contributed by atoms with Crippen molar-refractivity contribution in [3.8, 4) is 0 Å². The predicted octanol–water partition coefficient (Wildman–Crippen LogP) is 0.526. The molecule has 6 heteroatoms. The van der Waals surface area contributed by atoms with Crippen molar-refractivity contribution in [1.29, 1.82) is 0 Å². The van der Waals surface area contributed by atoms with E-state index in [0.717, 1.165) is 0 Å². The van der Waals surface area contributed by atoms with Crippen LogP contribution < -0.4 is 5.32 Å². The molecule has 0 radical (unpaired) electrons. The number of carbonyl (C=O) groups excluding carboxylic acids is 1. The zero-order chi connectivity index (χ0) is 12.7. The number of nitrogens with one attached hydrogen (secondary N) is 1. The quantitative estimate of drug-likeness (QED) is 0.700. The maximum Gasteiger partial charge on any atom is 0.326 e. The zero-order valence-electron chi connectivity index (χ0n) is 10.2. The minimum absolute atomic E-state index is 0.147. The molecule has 0 aromatic rings. The standard InChI is InChI=1S/C10H20N2O4/c1-5-8(9(13)14)12(3)10(15)11-7(2)6-16-4/h7-8H,5-6H2,1-4H3,(H,11,15)(H,13,14). The van der Waals surface area contributed by atoms with E-state index < -0.39 is 18.0 Å². The number of amides is 2. The van der Waals surface area contributed by atoms with Crippen molar-refractivity contribution < 1.29 is 19.4 Å². The number of hydrogen-bond donors (Lipinski definition) is 2. The third-order valence-corrected chi connectivity index (χ3v) is 2.25. The van der Waals surface area contributed by atoms with Gasteiger partial charge in [0.15, 0.2) is 0 Å². The third-order valence-electron chi connectivity index (χ3n) is 2.25. The average Bonchev–Trinajstić information content (AvgIpc) is 2.18. The fourth-order valence-electron chi connectivity index (χ4n) is 1.36. The Morgan fingerprint density at radius 1 is 1.50 bits per heavy atom. The van der Waals surface area contributed by atoms with Crippen LogP contribution in [0.3, 0.4) is 0 Å². The van der Waals surface area contributed by atoms with Gasteiger partial charge in [0.25, 0.3) is 0 Å². The Labute approximate surface area is 95.6 Å². The molecule has 0 bridgehead atoms. The molecule has 0 saturated carbocycles. The second-order valence-corrected chi connectivity index (χ2v) is 3.68. The fraction of sp³-hybridized carbons (Fsp3) is 0.800. The first-order valence-electron chi connectivity index (χ1n) is 5.19. The summed E-state index contributed by atoms with van der Waals surface area (Å²) in [6.45, 7) is 3.90. The van der Waals surface area contributed by atoms with Crippen LogP contribution in [0.5, 0.6) is 0 Å². The highest BCUT2D eigenvalue weighted by atomic mass is 16.5. The van der Waals surface area contributed by atoms with Gasteiger partial charge < -0.3 is 20.1 Å². The molecule has 16 heavy (non-hydrogen) atoms. The molecule has 0 spiro atoms. The van der Waals surface area contributed by atoms with Crippen LogP contribution in [0.15, 0.2) is 0 Å². The van der Waals surface area contributed by atoms with Crippen LogP contribution in [-0.2, 0) is 9.53 Å². The number of carboxylic acids is 1. The van der Waals surface area contributed by atoms with Gasteiger partial charge in [-0.15, -0.1) is 0 Å². The van der Waals surface area contributed by atoms with E-state index >= 15 is 0 Å². The summed E-state index contributed by atoms with van der Waals surface area (Å²) in [5.74, 6) is -1.00. The van der Waals surface area contributed by atoms with Crippen LogP contribution in [0, 0.1) is 0 Å². The minimum atomic E-state index is -1.00. The molecule has 0 saturated heterocycles. The lowest BCUT2D eigenvalue weighted by molar-refractivity contribution is -0.141. The summed E-state index contributed by atoms with van der Waals surface area (Å²) in [7, 11) is 3.01. The molecule has 2 N–H and O–H groups in total. The van der Waals surface area contributed by atoms with Crippen molar-refractivity contribution in [2.75, 3.05) is 20.8 Å². The Balaban J connectivity index is 4.31. The summed E-state index contributed by atoms with van der Waals surface area (Å²) < 4.78 is 4.87. The first-order chi connectivity index (χ1) is 7.43. The molecule has 0 heterocycles. The van der Waals surface area contributed by atoms with E-state index in [1.54, 1.807) is 21.0 Å². The number of aliphatic carboxylic acids is 1. The molecular formula is C10H20N2O4. The smallest absolute Gasteiger partial charge is 0.326 e. The summed E-state index contributed by atoms with van der Waals surface area (Å²) in [4.78, 5) is 23.7. The van der Waals surface area contributed by atoms with E-state index in [4.69, 9.17) is 9.84 Å². The lowest BCUT2D eigenvalue weighted by Gasteiger charge is -2.25. The maximum atomic E-state index is 11.6. The van der Waals surface area contributed by atoms with Crippen molar-refractivity contribution >= 4 is 12.0 Å². The van der Waals surface area contributed by atoms with Crippen LogP contribution in [0.1, 0.15) is 20.3 Å². The average molecular weight is 232 g/mol. The highest BCUT2D eigenvalue weighted by molar-refractivity contribution is 5.82. The summed E-state index contributed by atoms with van der Waals surface area (Å²) in [6, 6.07) is -1.35. The van der Waals surface area contributed by atoms with E-state index in [1.165, 1.54) is 11.9 Å². The second kappa shape index (κ2) is 7.05. The van der Waals surface area contributed by atoms with E-state index in [9.17, 15) is 9.59 Å². The number of ether oxygens (including phenoxy) is 1. The maximum absolute atomic E-state index is 11.6. The van der Waals surface area contributed by atoms with Gasteiger partial charge in [0.1, 0.15) is 6.04 Å². The van der Waals surface area contributed by atoms with Gasteiger partial charge in [-0.1, -0.05) is 6.92 Å². The Bertz CT molecular complexity index is 245. The summed E-state index contributed by atoms with van der Waals surface area (Å²) in [5.41, 5.74) is 0. The number of nitrogens with zero attached hydrogens (tertiary/aromatic N) is 1. The van der Waals surface area contributed by atoms with Gasteiger partial charge >= 0.3 is 12.0 Å². The fourth-order valence-corrected chi connectivity index (χ4v) is 1.36. The van der Waals surface area contributed by atoms with Crippen LogP contribution in [0.25, 0.3) is 0 Å². The third kappa shape index (κ3) is 4.48. The molecular weight excluding hydrogens is 212 g/mol. The summed E-state index contributed by atoms with van der Waals surface area (Å²) in [6.07, 6.45) is 0.373. The number of urea groups is 1. The lowest BCUT2D eigenvalue weighted by Crippen LogP contribution is -2.50. The Hall–Kier alpha value is -1.30. The SMILES string of the molecule is CCC(C(=O)O)N(C)C(=O)NC(C)COC. The lowest BCUT2D eigenvalue weighted by atomic mass is 10.2. The summed E-state index contributed by atoms with van der Waals surface area (Å²) in [5, 5.41) is 11.5. The number of methoxy groups -OCH3 is 1. The number of carbonyl (C=O) groups is 2. The molecule has 0 fully saturated rings. The first kappa shape index (κ1) is 14.7. The topological polar surface area (TPSA) is 78.9 Å². The van der Waals surface area contributed by atoms with Crippen molar-refractivity contribution in [3.05, 3.63) is 0 Å². The van der Waals surface area contributed by atoms with Crippen LogP contribution in [0.4, 0.5) is 4.79 Å². The highest BCUT2D eigenvalue weighted by Gasteiger charge is 2.25. The van der Waals surface area contributed by atoms with Crippen molar-refractivity contribution in [2.24, 2.45) is 0 Å². The largest absolute Gasteiger partial charge is 0.480 e. The Morgan fingerprint density at radius 3 is 2.44 bits per heavy atom. The number of likely N-dealkylation sites (N-methyl/N-ethyl adjacent to an activating group) is 1. The van der Waals surface area contributed by atoms with E-state index in [0.29, 0.717) is 13.0 Å². The second-order valence-electron chi connectivity index (χ2n) is 3.68. The van der Waals surface area contributed by atoms with E-state index in [1.807, 2.05) is 0 Å². The molecule has 0 rings (SSSR count). The summed E-state index contributed by atoms with van der Waals surface area (Å²) >= 11 is 0. The van der Waals surface area contributed by atoms with E-state index in [2.05, 4.69) is 5.32 Å². The van der Waals surface area contributed by atoms with Gasteiger partial charge in [-0.05, 0) is 13.3 Å². The van der Waals surface area contributed by atoms with Crippen LogP contribution >= 0.6 is 0 Å². The van der Waals surface area contributed by atoms with Gasteiger partial charge in [0, 0.05) is 14.2 Å². The van der Waals surface area contributed by atoms with Crippen molar-refractivity contribution in [2.45, 2.75) is 32.4 Å². The van der Waals surface area contributed by atoms with Gasteiger partial charge in [-0.25, -0.2) is 9.59 Å². The molecule has 2 unspecified atom stereocenters. The van der Waals surface area contributed by atoms with Gasteiger partial charge in [-0.2, -0.15) is 0 Å². The van der Waals surface area contributed by atoms with Gasteiger partial charge in [-0.3, -0.25) is 0 Å². The van der Waals surface area contributed by atoms with Crippen LogP contribution in [-0.4, -0.2) is 54.9 Å². The molecule has 2 atom stereocenters. The van der Waals surface area contributed by atoms with Crippen LogP contribution in [0.2, 0.25) is 0 Å². The van der Waals surface area contributed by atoms with Gasteiger partial charge in [0.2, 0.25) is 0 Å². The predicted molar refractivity (Wildman–Crippen MR) is 59.3 cm³/mol. The molecule has 2 amide bonds. The minimum Gasteiger partial charge on any atom is -0.480 e. The molecule has 6 nitrogen and oxygen atoms in total. The Kier molecular flexibility index (Phi) is 6.48. The number of hydrogen-bond acceptors (Lipinski definition) is 3. The van der Waals surface area contributed by atoms with Crippen molar-refractivity contribution in [3.63, 3.8) is 0 Å². The number of carboxylic acid groups (broad SMARTS) is 1. The normalized spacial score (nSPS) is 14.0. The van der Waals surface area contributed by atoms with Gasteiger partial charge in [0.05, 0.1) is 12.6 Å². The van der Waals surface area contributed by atoms with Crippen molar-refractivity contribution in [1.82, 2.24) is 10.2 Å². The molecule has 0 aromatic heterocycles. The molecule has 94 valence electrons. The zero-order valence-corrected chi connectivity index (χ0v) is 10.2. The molecule has 0 aliphatic rings. The first-order valence-corrected chi connectivity index (χ1v) is 5.19. The number of rotatable bonds is 6. The molecule has 0 aromatic carbocycles. The Morgan fingerprint density at radius 2 is 2.06 bits per heavy atom. The highest BCUT2D eigenvalue weighted by Crippen LogP contribution is 2.02. The molecule has 0 aliphatic carbocycles. The van der Waals surface area contributed by atoms with E-state index in [-0.39, 0.29) is 6.04 Å². The monoisotopic (exact) mass is 232 g/mol.